The van der Waals surface area contributed by atoms with E-state index in [2.05, 4.69) is 0 Å². The molecule has 0 nitrogen and oxygen atoms in total. The first-order valence-corrected chi connectivity index (χ1v) is 5.51. The maximum atomic E-state index is 13.1. The number of benzene rings is 1. The zero-order valence-electron chi connectivity index (χ0n) is 10.5. The quantitative estimate of drug-likeness (QED) is 0.600. The lowest BCUT2D eigenvalue weighted by atomic mass is 10.00. The second-order valence-corrected chi connectivity index (χ2v) is 3.09. The molecule has 0 atom stereocenters. The SMILES string of the molecule is C/C=C(/C(F)=C(F)F)c1ccccc1C.CC. The molecule has 0 aromatic heterocycles. The molecule has 0 aliphatic carbocycles. The molecule has 3 heteroatoms. The molecule has 0 radical (unpaired) electrons. The van der Waals surface area contributed by atoms with E-state index in [0.717, 1.165) is 5.56 Å². The number of halogens is 3. The van der Waals surface area contributed by atoms with Crippen LogP contribution in [-0.4, -0.2) is 0 Å². The summed E-state index contributed by atoms with van der Waals surface area (Å²) in [5, 5.41) is 0. The molecule has 1 aromatic rings. The van der Waals surface area contributed by atoms with Crippen LogP contribution in [0.1, 0.15) is 31.9 Å². The summed E-state index contributed by atoms with van der Waals surface area (Å²) in [5.74, 6) is -1.45. The van der Waals surface area contributed by atoms with E-state index < -0.39 is 11.9 Å². The predicted molar refractivity (Wildman–Crippen MR) is 66.5 cm³/mol. The van der Waals surface area contributed by atoms with Gasteiger partial charge in [-0.25, -0.2) is 4.39 Å². The Kier molecular flexibility index (Phi) is 7.03. The van der Waals surface area contributed by atoms with E-state index in [1.807, 2.05) is 13.8 Å². The average Bonchev–Trinajstić information content (AvgIpc) is 2.34. The van der Waals surface area contributed by atoms with E-state index in [0.29, 0.717) is 5.56 Å². The third-order valence-corrected chi connectivity index (χ3v) is 2.13. The van der Waals surface area contributed by atoms with Crippen LogP contribution in [-0.2, 0) is 0 Å². The van der Waals surface area contributed by atoms with Gasteiger partial charge < -0.3 is 0 Å². The second-order valence-electron chi connectivity index (χ2n) is 3.09. The van der Waals surface area contributed by atoms with Crippen molar-refractivity contribution >= 4 is 5.57 Å². The first-order chi connectivity index (χ1) is 8.07. The van der Waals surface area contributed by atoms with Gasteiger partial charge in [0.25, 0.3) is 0 Å². The van der Waals surface area contributed by atoms with Gasteiger partial charge in [0.2, 0.25) is 0 Å². The molecule has 0 amide bonds. The minimum absolute atomic E-state index is 0.0619. The topological polar surface area (TPSA) is 0 Å². The fraction of sp³-hybridized carbons (Fsp3) is 0.286. The van der Waals surface area contributed by atoms with Crippen LogP contribution in [0.3, 0.4) is 0 Å². The molecule has 0 saturated carbocycles. The van der Waals surface area contributed by atoms with Gasteiger partial charge in [0.05, 0.1) is 0 Å². The van der Waals surface area contributed by atoms with Crippen LogP contribution in [0.15, 0.2) is 42.2 Å². The highest BCUT2D eigenvalue weighted by atomic mass is 19.3. The second kappa shape index (κ2) is 7.71. The van der Waals surface area contributed by atoms with Gasteiger partial charge in [0.1, 0.15) is 0 Å². The molecule has 0 aliphatic heterocycles. The molecule has 0 saturated heterocycles. The monoisotopic (exact) mass is 242 g/mol. The summed E-state index contributed by atoms with van der Waals surface area (Å²) in [6.45, 7) is 7.28. The summed E-state index contributed by atoms with van der Waals surface area (Å²) in [6.07, 6.45) is -0.942. The zero-order chi connectivity index (χ0) is 13.4. The summed E-state index contributed by atoms with van der Waals surface area (Å²) in [6, 6.07) is 6.84. The van der Waals surface area contributed by atoms with Crippen molar-refractivity contribution in [3.05, 3.63) is 53.4 Å². The Balaban J connectivity index is 0.00000121. The van der Waals surface area contributed by atoms with Gasteiger partial charge >= 0.3 is 6.08 Å². The lowest BCUT2D eigenvalue weighted by molar-refractivity contribution is 0.389. The van der Waals surface area contributed by atoms with E-state index in [9.17, 15) is 13.2 Å². The minimum Gasteiger partial charge on any atom is -0.200 e. The molecule has 0 bridgehead atoms. The van der Waals surface area contributed by atoms with Crippen LogP contribution in [0.4, 0.5) is 13.2 Å². The summed E-state index contributed by atoms with van der Waals surface area (Å²) in [7, 11) is 0. The highest BCUT2D eigenvalue weighted by Crippen LogP contribution is 2.29. The van der Waals surface area contributed by atoms with Crippen molar-refractivity contribution in [2.75, 3.05) is 0 Å². The van der Waals surface area contributed by atoms with E-state index in [-0.39, 0.29) is 5.57 Å². The molecule has 0 unspecified atom stereocenters. The standard InChI is InChI=1S/C12H11F3.C2H6/c1-3-9(11(13)12(14)15)10-7-5-4-6-8(10)2;1-2/h3-7H,1-2H3;1-2H3/b9-3+;. The fourth-order valence-electron chi connectivity index (χ4n) is 1.38. The minimum atomic E-state index is -2.29. The van der Waals surface area contributed by atoms with E-state index >= 15 is 0 Å². The fourth-order valence-corrected chi connectivity index (χ4v) is 1.38. The number of hydrogen-bond donors (Lipinski definition) is 0. The van der Waals surface area contributed by atoms with Crippen LogP contribution in [0.2, 0.25) is 0 Å². The van der Waals surface area contributed by atoms with Gasteiger partial charge in [-0.2, -0.15) is 8.78 Å². The van der Waals surface area contributed by atoms with Gasteiger partial charge in [-0.1, -0.05) is 44.2 Å². The Hall–Kier alpha value is -1.51. The van der Waals surface area contributed by atoms with Gasteiger partial charge in [0, 0.05) is 5.57 Å². The van der Waals surface area contributed by atoms with Gasteiger partial charge in [0.15, 0.2) is 5.83 Å². The van der Waals surface area contributed by atoms with Crippen molar-refractivity contribution in [3.8, 4) is 0 Å². The third kappa shape index (κ3) is 4.10. The van der Waals surface area contributed by atoms with E-state index in [4.69, 9.17) is 0 Å². The normalized spacial score (nSPS) is 10.4. The molecule has 0 spiro atoms. The molecule has 0 aliphatic rings. The van der Waals surface area contributed by atoms with Crippen LogP contribution in [0.5, 0.6) is 0 Å². The third-order valence-electron chi connectivity index (χ3n) is 2.13. The summed E-state index contributed by atoms with van der Waals surface area (Å²) in [4.78, 5) is 0. The summed E-state index contributed by atoms with van der Waals surface area (Å²) in [5.41, 5.74) is 1.19. The Morgan fingerprint density at radius 3 is 2.00 bits per heavy atom. The highest BCUT2D eigenvalue weighted by molar-refractivity contribution is 5.78. The molecule has 17 heavy (non-hydrogen) atoms. The van der Waals surface area contributed by atoms with Crippen molar-refractivity contribution in [3.63, 3.8) is 0 Å². The van der Waals surface area contributed by atoms with E-state index in [1.165, 1.54) is 13.0 Å². The van der Waals surface area contributed by atoms with Gasteiger partial charge in [-0.3, -0.25) is 0 Å². The van der Waals surface area contributed by atoms with Crippen molar-refractivity contribution in [2.45, 2.75) is 27.7 Å². The maximum absolute atomic E-state index is 13.1. The lowest BCUT2D eigenvalue weighted by Crippen LogP contribution is -1.90. The van der Waals surface area contributed by atoms with Crippen molar-refractivity contribution in [1.29, 1.82) is 0 Å². The largest absolute Gasteiger partial charge is 0.306 e. The summed E-state index contributed by atoms with van der Waals surface area (Å²) >= 11 is 0. The van der Waals surface area contributed by atoms with Crippen molar-refractivity contribution < 1.29 is 13.2 Å². The maximum Gasteiger partial charge on any atom is 0.306 e. The van der Waals surface area contributed by atoms with Crippen molar-refractivity contribution in [1.82, 2.24) is 0 Å². The molecular weight excluding hydrogens is 225 g/mol. The smallest absolute Gasteiger partial charge is 0.200 e. The first-order valence-electron chi connectivity index (χ1n) is 5.51. The predicted octanol–water partition coefficient (Wildman–Crippen LogP) is 5.50. The molecule has 1 rings (SSSR count). The van der Waals surface area contributed by atoms with Crippen LogP contribution >= 0.6 is 0 Å². The number of rotatable bonds is 2. The summed E-state index contributed by atoms with van der Waals surface area (Å²) < 4.78 is 37.4. The average molecular weight is 242 g/mol. The highest BCUT2D eigenvalue weighted by Gasteiger charge is 2.14. The van der Waals surface area contributed by atoms with Gasteiger partial charge in [-0.15, -0.1) is 0 Å². The van der Waals surface area contributed by atoms with Crippen molar-refractivity contribution in [2.24, 2.45) is 0 Å². The molecule has 0 heterocycles. The Morgan fingerprint density at radius 1 is 1.06 bits per heavy atom. The molecular formula is C14H17F3. The Morgan fingerprint density at radius 2 is 1.59 bits per heavy atom. The number of aryl methyl sites for hydroxylation is 1. The zero-order valence-corrected chi connectivity index (χ0v) is 10.5. The number of hydrogen-bond acceptors (Lipinski definition) is 0. The van der Waals surface area contributed by atoms with Crippen LogP contribution < -0.4 is 0 Å². The van der Waals surface area contributed by atoms with Crippen LogP contribution in [0, 0.1) is 6.92 Å². The van der Waals surface area contributed by atoms with E-state index in [1.54, 1.807) is 31.2 Å². The Labute approximate surface area is 100 Å². The Bertz CT molecular complexity index is 413. The number of allylic oxidation sites excluding steroid dienone is 3. The molecule has 0 N–H and O–H groups in total. The molecule has 0 fully saturated rings. The van der Waals surface area contributed by atoms with Gasteiger partial charge in [-0.05, 0) is 25.0 Å². The van der Waals surface area contributed by atoms with Crippen LogP contribution in [0.25, 0.3) is 5.57 Å². The molecule has 94 valence electrons. The lowest BCUT2D eigenvalue weighted by Gasteiger charge is -2.07. The molecule has 1 aromatic carbocycles. The first kappa shape index (κ1) is 15.5.